The normalized spacial score (nSPS) is 21.3. The van der Waals surface area contributed by atoms with Gasteiger partial charge in [-0.1, -0.05) is 6.07 Å². The summed E-state index contributed by atoms with van der Waals surface area (Å²) in [5, 5.41) is 3.34. The van der Waals surface area contributed by atoms with Crippen LogP contribution in [0.1, 0.15) is 24.1 Å². The fourth-order valence-corrected chi connectivity index (χ4v) is 2.35. The molecule has 1 aliphatic heterocycles. The molecule has 1 unspecified atom stereocenters. The molecule has 0 radical (unpaired) electrons. The first-order valence-electron chi connectivity index (χ1n) is 4.40. The number of hydrogen-bond acceptors (Lipinski definition) is 1. The molecule has 3 heteroatoms. The Labute approximate surface area is 85.5 Å². The third-order valence-electron chi connectivity index (χ3n) is 2.52. The Hall–Kier alpha value is -0.410. The van der Waals surface area contributed by atoms with Crippen LogP contribution >= 0.6 is 15.9 Å². The summed E-state index contributed by atoms with van der Waals surface area (Å²) in [6.45, 7) is 3.03. The quantitative estimate of drug-likeness (QED) is 0.739. The van der Waals surface area contributed by atoms with Crippen LogP contribution in [-0.4, -0.2) is 6.54 Å². The van der Waals surface area contributed by atoms with Crippen molar-refractivity contribution in [2.24, 2.45) is 0 Å². The SMILES string of the molecule is CC1NCCc2c1ccc(F)c2Br. The molecule has 0 amide bonds. The lowest BCUT2D eigenvalue weighted by atomic mass is 9.95. The second-order valence-electron chi connectivity index (χ2n) is 3.35. The zero-order valence-electron chi connectivity index (χ0n) is 7.40. The van der Waals surface area contributed by atoms with Crippen molar-refractivity contribution in [3.8, 4) is 0 Å². The molecule has 1 nitrogen and oxygen atoms in total. The summed E-state index contributed by atoms with van der Waals surface area (Å²) in [7, 11) is 0. The fraction of sp³-hybridized carbons (Fsp3) is 0.400. The van der Waals surface area contributed by atoms with Crippen LogP contribution in [0.2, 0.25) is 0 Å². The molecule has 1 aliphatic rings. The van der Waals surface area contributed by atoms with E-state index in [4.69, 9.17) is 0 Å². The molecule has 13 heavy (non-hydrogen) atoms. The van der Waals surface area contributed by atoms with E-state index in [9.17, 15) is 4.39 Å². The molecule has 1 aromatic carbocycles. The highest BCUT2D eigenvalue weighted by Crippen LogP contribution is 2.30. The third kappa shape index (κ3) is 1.51. The van der Waals surface area contributed by atoms with Gasteiger partial charge < -0.3 is 5.32 Å². The fourth-order valence-electron chi connectivity index (χ4n) is 1.79. The Balaban J connectivity index is 2.56. The van der Waals surface area contributed by atoms with Crippen molar-refractivity contribution >= 4 is 15.9 Å². The van der Waals surface area contributed by atoms with Crippen LogP contribution in [0.5, 0.6) is 0 Å². The number of fused-ring (bicyclic) bond motifs is 1. The van der Waals surface area contributed by atoms with E-state index in [0.717, 1.165) is 18.5 Å². The smallest absolute Gasteiger partial charge is 0.137 e. The van der Waals surface area contributed by atoms with Crippen LogP contribution in [0, 0.1) is 5.82 Å². The van der Waals surface area contributed by atoms with Gasteiger partial charge >= 0.3 is 0 Å². The van der Waals surface area contributed by atoms with Crippen LogP contribution in [0.15, 0.2) is 16.6 Å². The van der Waals surface area contributed by atoms with Crippen LogP contribution in [-0.2, 0) is 6.42 Å². The molecule has 0 bridgehead atoms. The minimum absolute atomic E-state index is 0.159. The highest BCUT2D eigenvalue weighted by molar-refractivity contribution is 9.10. The molecule has 0 aromatic heterocycles. The van der Waals surface area contributed by atoms with Gasteiger partial charge in [0.15, 0.2) is 0 Å². The molecule has 0 saturated heterocycles. The minimum Gasteiger partial charge on any atom is -0.310 e. The van der Waals surface area contributed by atoms with E-state index in [1.54, 1.807) is 0 Å². The Morgan fingerprint density at radius 2 is 2.31 bits per heavy atom. The third-order valence-corrected chi connectivity index (χ3v) is 3.38. The number of hydrogen-bond donors (Lipinski definition) is 1. The Kier molecular flexibility index (Phi) is 2.39. The van der Waals surface area contributed by atoms with Gasteiger partial charge in [-0.15, -0.1) is 0 Å². The second-order valence-corrected chi connectivity index (χ2v) is 4.15. The first kappa shape index (κ1) is 9.16. The number of benzene rings is 1. The maximum Gasteiger partial charge on any atom is 0.137 e. The molecular formula is C10H11BrFN. The van der Waals surface area contributed by atoms with Crippen molar-refractivity contribution in [2.45, 2.75) is 19.4 Å². The van der Waals surface area contributed by atoms with E-state index in [2.05, 4.69) is 28.2 Å². The Morgan fingerprint density at radius 3 is 3.08 bits per heavy atom. The number of rotatable bonds is 0. The summed E-state index contributed by atoms with van der Waals surface area (Å²) < 4.78 is 13.8. The summed E-state index contributed by atoms with van der Waals surface area (Å²) in [5.41, 5.74) is 2.32. The van der Waals surface area contributed by atoms with Crippen molar-refractivity contribution < 1.29 is 4.39 Å². The van der Waals surface area contributed by atoms with Crippen molar-refractivity contribution in [2.75, 3.05) is 6.54 Å². The van der Waals surface area contributed by atoms with E-state index < -0.39 is 0 Å². The van der Waals surface area contributed by atoms with E-state index in [1.165, 1.54) is 11.6 Å². The molecule has 70 valence electrons. The topological polar surface area (TPSA) is 12.0 Å². The monoisotopic (exact) mass is 243 g/mol. The molecule has 1 aromatic rings. The summed E-state index contributed by atoms with van der Waals surface area (Å²) in [4.78, 5) is 0. The molecule has 0 aliphatic carbocycles. The van der Waals surface area contributed by atoms with Crippen molar-refractivity contribution in [3.63, 3.8) is 0 Å². The largest absolute Gasteiger partial charge is 0.310 e. The Bertz CT molecular complexity index is 338. The van der Waals surface area contributed by atoms with Gasteiger partial charge in [-0.3, -0.25) is 0 Å². The second kappa shape index (κ2) is 3.39. The minimum atomic E-state index is -0.159. The first-order chi connectivity index (χ1) is 6.20. The highest BCUT2D eigenvalue weighted by Gasteiger charge is 2.19. The molecule has 1 heterocycles. The highest BCUT2D eigenvalue weighted by atomic mass is 79.9. The van der Waals surface area contributed by atoms with Gasteiger partial charge in [0.05, 0.1) is 4.47 Å². The van der Waals surface area contributed by atoms with Gasteiger partial charge in [0, 0.05) is 6.04 Å². The van der Waals surface area contributed by atoms with Gasteiger partial charge in [-0.05, 0) is 53.0 Å². The van der Waals surface area contributed by atoms with Crippen molar-refractivity contribution in [3.05, 3.63) is 33.5 Å². The molecule has 2 rings (SSSR count). The molecule has 0 fully saturated rings. The van der Waals surface area contributed by atoms with Crippen molar-refractivity contribution in [1.82, 2.24) is 5.32 Å². The summed E-state index contributed by atoms with van der Waals surface area (Å²) >= 11 is 3.29. The van der Waals surface area contributed by atoms with Gasteiger partial charge in [0.2, 0.25) is 0 Å². The molecule has 0 spiro atoms. The van der Waals surface area contributed by atoms with E-state index >= 15 is 0 Å². The standard InChI is InChI=1S/C10H11BrFN/c1-6-7-2-3-9(12)10(11)8(7)4-5-13-6/h2-3,6,13H,4-5H2,1H3. The average Bonchev–Trinajstić information content (AvgIpc) is 2.12. The first-order valence-corrected chi connectivity index (χ1v) is 5.19. The summed E-state index contributed by atoms with van der Waals surface area (Å²) in [6, 6.07) is 3.72. The average molecular weight is 244 g/mol. The van der Waals surface area contributed by atoms with Crippen LogP contribution in [0.3, 0.4) is 0 Å². The zero-order valence-corrected chi connectivity index (χ0v) is 8.99. The molecular weight excluding hydrogens is 233 g/mol. The lowest BCUT2D eigenvalue weighted by molar-refractivity contribution is 0.531. The van der Waals surface area contributed by atoms with Crippen molar-refractivity contribution in [1.29, 1.82) is 0 Å². The maximum atomic E-state index is 13.2. The lowest BCUT2D eigenvalue weighted by Crippen LogP contribution is -2.28. The van der Waals surface area contributed by atoms with E-state index in [-0.39, 0.29) is 5.82 Å². The molecule has 0 saturated carbocycles. The summed E-state index contributed by atoms with van der Waals surface area (Å²) in [6.07, 6.45) is 0.901. The van der Waals surface area contributed by atoms with Gasteiger partial charge in [-0.25, -0.2) is 4.39 Å². The molecule has 1 atom stereocenters. The van der Waals surface area contributed by atoms with Gasteiger partial charge in [-0.2, -0.15) is 0 Å². The van der Waals surface area contributed by atoms with Crippen LogP contribution in [0.25, 0.3) is 0 Å². The van der Waals surface area contributed by atoms with E-state index in [0.29, 0.717) is 10.5 Å². The lowest BCUT2D eigenvalue weighted by Gasteiger charge is -2.24. The predicted octanol–water partition coefficient (Wildman–Crippen LogP) is 2.79. The number of halogens is 2. The predicted molar refractivity (Wildman–Crippen MR) is 54.2 cm³/mol. The van der Waals surface area contributed by atoms with Crippen LogP contribution in [0.4, 0.5) is 4.39 Å². The zero-order chi connectivity index (χ0) is 9.42. The van der Waals surface area contributed by atoms with Crippen LogP contribution < -0.4 is 5.32 Å². The Morgan fingerprint density at radius 1 is 1.54 bits per heavy atom. The maximum absolute atomic E-state index is 13.2. The van der Waals surface area contributed by atoms with Gasteiger partial charge in [0.1, 0.15) is 5.82 Å². The van der Waals surface area contributed by atoms with E-state index in [1.807, 2.05) is 6.07 Å². The van der Waals surface area contributed by atoms with Gasteiger partial charge in [0.25, 0.3) is 0 Å². The molecule has 1 N–H and O–H groups in total. The summed E-state index contributed by atoms with van der Waals surface area (Å²) in [5.74, 6) is -0.159. The number of nitrogens with one attached hydrogen (secondary N) is 1.